The minimum absolute atomic E-state index is 0.816. The van der Waals surface area contributed by atoms with E-state index in [1.165, 1.54) is 6.42 Å². The summed E-state index contributed by atoms with van der Waals surface area (Å²) < 4.78 is 5.22. The highest BCUT2D eigenvalue weighted by Crippen LogP contribution is 2.39. The lowest BCUT2D eigenvalue weighted by atomic mass is 10.2. The molecule has 1 aliphatic carbocycles. The van der Waals surface area contributed by atoms with E-state index < -0.39 is 0 Å². The second-order valence-electron chi connectivity index (χ2n) is 4.78. The van der Waals surface area contributed by atoms with Crippen molar-refractivity contribution in [2.45, 2.75) is 13.3 Å². The molecular formula is C13H20N2O. The molecule has 88 valence electrons. The van der Waals surface area contributed by atoms with E-state index in [4.69, 9.17) is 10.5 Å². The van der Waals surface area contributed by atoms with Gasteiger partial charge in [0.1, 0.15) is 5.75 Å². The van der Waals surface area contributed by atoms with Crippen molar-refractivity contribution in [1.29, 1.82) is 0 Å². The summed E-state index contributed by atoms with van der Waals surface area (Å²) >= 11 is 0. The largest absolute Gasteiger partial charge is 0.497 e. The van der Waals surface area contributed by atoms with Crippen molar-refractivity contribution in [3.63, 3.8) is 0 Å². The fourth-order valence-corrected chi connectivity index (χ4v) is 2.08. The molecule has 1 aromatic carbocycles. The van der Waals surface area contributed by atoms with E-state index in [1.807, 2.05) is 18.2 Å². The van der Waals surface area contributed by atoms with Gasteiger partial charge in [0, 0.05) is 19.7 Å². The number of hydrogen-bond donors (Lipinski definition) is 1. The highest BCUT2D eigenvalue weighted by molar-refractivity contribution is 5.69. The molecule has 2 unspecified atom stereocenters. The summed E-state index contributed by atoms with van der Waals surface area (Å²) in [5.41, 5.74) is 7.86. The van der Waals surface area contributed by atoms with Gasteiger partial charge in [-0.3, -0.25) is 0 Å². The van der Waals surface area contributed by atoms with Gasteiger partial charge in [-0.1, -0.05) is 6.92 Å². The number of methoxy groups -OCH3 is 1. The van der Waals surface area contributed by atoms with Crippen LogP contribution in [-0.4, -0.2) is 20.7 Å². The van der Waals surface area contributed by atoms with Gasteiger partial charge in [0.25, 0.3) is 0 Å². The molecule has 0 saturated heterocycles. The minimum Gasteiger partial charge on any atom is -0.497 e. The predicted molar refractivity (Wildman–Crippen MR) is 67.9 cm³/mol. The number of rotatable bonds is 4. The highest BCUT2D eigenvalue weighted by atomic mass is 16.5. The number of ether oxygens (including phenoxy) is 1. The Morgan fingerprint density at radius 1 is 1.50 bits per heavy atom. The van der Waals surface area contributed by atoms with E-state index in [9.17, 15) is 0 Å². The van der Waals surface area contributed by atoms with Crippen molar-refractivity contribution in [3.05, 3.63) is 18.2 Å². The lowest BCUT2D eigenvalue weighted by Gasteiger charge is -2.21. The fourth-order valence-electron chi connectivity index (χ4n) is 2.08. The summed E-state index contributed by atoms with van der Waals surface area (Å²) in [5.74, 6) is 2.56. The molecule has 2 atom stereocenters. The first-order valence-electron chi connectivity index (χ1n) is 5.76. The molecule has 1 saturated carbocycles. The molecule has 1 aliphatic rings. The van der Waals surface area contributed by atoms with Crippen molar-refractivity contribution in [1.82, 2.24) is 0 Å². The van der Waals surface area contributed by atoms with Gasteiger partial charge in [-0.25, -0.2) is 0 Å². The predicted octanol–water partition coefficient (Wildman–Crippen LogP) is 2.37. The third-order valence-electron chi connectivity index (χ3n) is 3.43. The Bertz CT molecular complexity index is 378. The maximum atomic E-state index is 5.98. The molecule has 0 bridgehead atoms. The lowest BCUT2D eigenvalue weighted by molar-refractivity contribution is 0.415. The van der Waals surface area contributed by atoms with Crippen LogP contribution in [0.25, 0.3) is 0 Å². The molecule has 3 nitrogen and oxygen atoms in total. The maximum absolute atomic E-state index is 5.98. The van der Waals surface area contributed by atoms with Gasteiger partial charge in [0.2, 0.25) is 0 Å². The number of nitrogen functional groups attached to an aromatic ring is 1. The van der Waals surface area contributed by atoms with Crippen LogP contribution in [0.5, 0.6) is 5.75 Å². The Labute approximate surface area is 97.2 Å². The van der Waals surface area contributed by atoms with Gasteiger partial charge in [0.15, 0.2) is 0 Å². The Hall–Kier alpha value is -1.38. The van der Waals surface area contributed by atoms with Crippen LogP contribution in [0.2, 0.25) is 0 Å². The summed E-state index contributed by atoms with van der Waals surface area (Å²) in [6, 6.07) is 5.80. The van der Waals surface area contributed by atoms with Gasteiger partial charge < -0.3 is 15.4 Å². The first-order valence-corrected chi connectivity index (χ1v) is 5.76. The molecule has 1 aromatic rings. The topological polar surface area (TPSA) is 38.5 Å². The molecule has 0 radical (unpaired) electrons. The second-order valence-corrected chi connectivity index (χ2v) is 4.78. The van der Waals surface area contributed by atoms with Crippen LogP contribution in [0.1, 0.15) is 13.3 Å². The highest BCUT2D eigenvalue weighted by Gasteiger charge is 2.33. The van der Waals surface area contributed by atoms with Gasteiger partial charge >= 0.3 is 0 Å². The molecule has 0 spiro atoms. The third kappa shape index (κ3) is 2.23. The zero-order valence-corrected chi connectivity index (χ0v) is 10.2. The maximum Gasteiger partial charge on any atom is 0.121 e. The van der Waals surface area contributed by atoms with Crippen LogP contribution in [0, 0.1) is 11.8 Å². The second kappa shape index (κ2) is 4.24. The van der Waals surface area contributed by atoms with Crippen LogP contribution in [0.3, 0.4) is 0 Å². The Kier molecular flexibility index (Phi) is 2.95. The zero-order chi connectivity index (χ0) is 11.7. The summed E-state index contributed by atoms with van der Waals surface area (Å²) in [6.07, 6.45) is 1.34. The van der Waals surface area contributed by atoms with E-state index in [-0.39, 0.29) is 0 Å². The summed E-state index contributed by atoms with van der Waals surface area (Å²) in [6.45, 7) is 3.38. The lowest BCUT2D eigenvalue weighted by Crippen LogP contribution is -2.21. The van der Waals surface area contributed by atoms with Crippen LogP contribution in [0.15, 0.2) is 18.2 Å². The Balaban J connectivity index is 2.11. The summed E-state index contributed by atoms with van der Waals surface area (Å²) in [7, 11) is 3.77. The summed E-state index contributed by atoms with van der Waals surface area (Å²) in [4.78, 5) is 2.23. The smallest absolute Gasteiger partial charge is 0.121 e. The average molecular weight is 220 g/mol. The Morgan fingerprint density at radius 2 is 2.19 bits per heavy atom. The van der Waals surface area contributed by atoms with Gasteiger partial charge in [-0.05, 0) is 30.4 Å². The molecule has 2 rings (SSSR count). The monoisotopic (exact) mass is 220 g/mol. The minimum atomic E-state index is 0.816. The summed E-state index contributed by atoms with van der Waals surface area (Å²) in [5, 5.41) is 0. The van der Waals surface area contributed by atoms with Gasteiger partial charge in [-0.15, -0.1) is 0 Å². The average Bonchev–Trinajstić information content (AvgIpc) is 2.94. The molecule has 0 aromatic heterocycles. The molecule has 0 aliphatic heterocycles. The van der Waals surface area contributed by atoms with Crippen molar-refractivity contribution >= 4 is 11.4 Å². The molecule has 0 heterocycles. The number of anilines is 2. The molecule has 2 N–H and O–H groups in total. The van der Waals surface area contributed by atoms with Crippen LogP contribution in [-0.2, 0) is 0 Å². The van der Waals surface area contributed by atoms with E-state index in [2.05, 4.69) is 18.9 Å². The molecule has 0 amide bonds. The van der Waals surface area contributed by atoms with E-state index in [0.717, 1.165) is 35.5 Å². The molecule has 1 fully saturated rings. The molecule has 16 heavy (non-hydrogen) atoms. The SMILES string of the molecule is COc1ccc(N)c(N(C)CC2CC2C)c1. The van der Waals surface area contributed by atoms with Gasteiger partial charge in [0.05, 0.1) is 18.5 Å². The first-order chi connectivity index (χ1) is 7.61. The number of nitrogens with zero attached hydrogens (tertiary/aromatic N) is 1. The fraction of sp³-hybridized carbons (Fsp3) is 0.538. The molecular weight excluding hydrogens is 200 g/mol. The van der Waals surface area contributed by atoms with Crippen LogP contribution < -0.4 is 15.4 Å². The number of hydrogen-bond acceptors (Lipinski definition) is 3. The number of benzene rings is 1. The van der Waals surface area contributed by atoms with Crippen molar-refractivity contribution in [3.8, 4) is 5.75 Å². The van der Waals surface area contributed by atoms with Crippen LogP contribution in [0.4, 0.5) is 11.4 Å². The molecule has 3 heteroatoms. The van der Waals surface area contributed by atoms with Crippen molar-refractivity contribution in [2.24, 2.45) is 11.8 Å². The van der Waals surface area contributed by atoms with E-state index in [0.29, 0.717) is 0 Å². The van der Waals surface area contributed by atoms with E-state index >= 15 is 0 Å². The van der Waals surface area contributed by atoms with Crippen molar-refractivity contribution in [2.75, 3.05) is 31.3 Å². The number of nitrogens with two attached hydrogens (primary N) is 1. The zero-order valence-electron chi connectivity index (χ0n) is 10.2. The van der Waals surface area contributed by atoms with Crippen LogP contribution >= 0.6 is 0 Å². The normalized spacial score (nSPS) is 22.9. The van der Waals surface area contributed by atoms with E-state index in [1.54, 1.807) is 7.11 Å². The third-order valence-corrected chi connectivity index (χ3v) is 3.43. The standard InChI is InChI=1S/C13H20N2O/c1-9-6-10(9)8-15(2)13-7-11(16-3)4-5-12(13)14/h4-5,7,9-10H,6,8,14H2,1-3H3. The first kappa shape index (κ1) is 11.1. The quantitative estimate of drug-likeness (QED) is 0.792. The van der Waals surface area contributed by atoms with Gasteiger partial charge in [-0.2, -0.15) is 0 Å². The Morgan fingerprint density at radius 3 is 2.75 bits per heavy atom. The van der Waals surface area contributed by atoms with Crippen molar-refractivity contribution < 1.29 is 4.74 Å².